The fourth-order valence-electron chi connectivity index (χ4n) is 1.67. The highest BCUT2D eigenvalue weighted by Crippen LogP contribution is 2.28. The predicted octanol–water partition coefficient (Wildman–Crippen LogP) is 2.50. The van der Waals surface area contributed by atoms with Crippen molar-refractivity contribution in [3.05, 3.63) is 24.3 Å². The number of allylic oxidation sites excluding steroid dienone is 2. The van der Waals surface area contributed by atoms with Crippen molar-refractivity contribution in [1.82, 2.24) is 0 Å². The van der Waals surface area contributed by atoms with Crippen LogP contribution in [0.2, 0.25) is 0 Å². The Labute approximate surface area is 86.3 Å². The van der Waals surface area contributed by atoms with Crippen molar-refractivity contribution in [3.63, 3.8) is 0 Å². The molecule has 1 rings (SSSR count). The van der Waals surface area contributed by atoms with Gasteiger partial charge < -0.3 is 9.84 Å². The molecule has 0 bridgehead atoms. The van der Waals surface area contributed by atoms with Crippen LogP contribution in [0.15, 0.2) is 24.3 Å². The molecule has 0 amide bonds. The maximum atomic E-state index is 9.58. The van der Waals surface area contributed by atoms with Gasteiger partial charge in [-0.15, -0.1) is 0 Å². The molecule has 1 saturated heterocycles. The predicted molar refractivity (Wildman–Crippen MR) is 57.8 cm³/mol. The van der Waals surface area contributed by atoms with Crippen molar-refractivity contribution in [1.29, 1.82) is 0 Å². The van der Waals surface area contributed by atoms with Crippen molar-refractivity contribution in [3.8, 4) is 0 Å². The van der Waals surface area contributed by atoms with Gasteiger partial charge in [0.2, 0.25) is 0 Å². The van der Waals surface area contributed by atoms with Gasteiger partial charge in [0.15, 0.2) is 6.29 Å². The van der Waals surface area contributed by atoms with Crippen LogP contribution in [0.3, 0.4) is 0 Å². The number of aliphatic hydroxyl groups is 1. The summed E-state index contributed by atoms with van der Waals surface area (Å²) in [6.45, 7) is 4.84. The third kappa shape index (κ3) is 2.96. The molecule has 14 heavy (non-hydrogen) atoms. The fraction of sp³-hybridized carbons (Fsp3) is 0.667. The lowest BCUT2D eigenvalue weighted by Gasteiger charge is -2.12. The lowest BCUT2D eigenvalue weighted by Crippen LogP contribution is -2.16. The van der Waals surface area contributed by atoms with Gasteiger partial charge in [-0.1, -0.05) is 38.2 Å². The highest BCUT2D eigenvalue weighted by molar-refractivity contribution is 5.03. The van der Waals surface area contributed by atoms with Gasteiger partial charge in [0.25, 0.3) is 0 Å². The Kier molecular flexibility index (Phi) is 4.91. The molecule has 0 aromatic rings. The van der Waals surface area contributed by atoms with Gasteiger partial charge in [-0.25, -0.2) is 0 Å². The van der Waals surface area contributed by atoms with Crippen LogP contribution < -0.4 is 0 Å². The lowest BCUT2D eigenvalue weighted by atomic mass is 9.93. The molecule has 80 valence electrons. The van der Waals surface area contributed by atoms with Gasteiger partial charge in [-0.2, -0.15) is 0 Å². The van der Waals surface area contributed by atoms with Crippen LogP contribution in [0.1, 0.15) is 26.7 Å². The second-order valence-corrected chi connectivity index (χ2v) is 3.64. The molecule has 0 aliphatic carbocycles. The molecule has 0 aromatic heterocycles. The normalized spacial score (nSPS) is 33.5. The van der Waals surface area contributed by atoms with E-state index in [0.29, 0.717) is 12.5 Å². The molecule has 1 heterocycles. The molecule has 1 fully saturated rings. The van der Waals surface area contributed by atoms with E-state index in [9.17, 15) is 5.11 Å². The molecular formula is C12H20O2. The van der Waals surface area contributed by atoms with Crippen LogP contribution in [-0.4, -0.2) is 18.0 Å². The number of hydrogen-bond acceptors (Lipinski definition) is 2. The molecule has 0 aromatic carbocycles. The Morgan fingerprint density at radius 1 is 1.21 bits per heavy atom. The average Bonchev–Trinajstić information content (AvgIpc) is 2.53. The number of rotatable bonds is 4. The highest BCUT2D eigenvalue weighted by Gasteiger charge is 2.32. The largest absolute Gasteiger partial charge is 0.367 e. The van der Waals surface area contributed by atoms with E-state index >= 15 is 0 Å². The zero-order chi connectivity index (χ0) is 10.4. The van der Waals surface area contributed by atoms with E-state index in [1.54, 1.807) is 0 Å². The van der Waals surface area contributed by atoms with Crippen molar-refractivity contribution < 1.29 is 9.84 Å². The molecule has 1 aliphatic heterocycles. The Hall–Kier alpha value is -0.600. The van der Waals surface area contributed by atoms with Crippen molar-refractivity contribution in [2.24, 2.45) is 11.8 Å². The molecule has 2 heteroatoms. The zero-order valence-corrected chi connectivity index (χ0v) is 9.02. The third-order valence-electron chi connectivity index (χ3n) is 2.50. The maximum absolute atomic E-state index is 9.58. The zero-order valence-electron chi connectivity index (χ0n) is 9.02. The monoisotopic (exact) mass is 196 g/mol. The van der Waals surface area contributed by atoms with Crippen molar-refractivity contribution in [2.45, 2.75) is 33.0 Å². The van der Waals surface area contributed by atoms with Gasteiger partial charge in [-0.3, -0.25) is 0 Å². The summed E-state index contributed by atoms with van der Waals surface area (Å²) in [6, 6.07) is 0. The standard InChI is InChI=1S/C12H20O2/c1-3-5-7-10-9-14-12(13)11(10)8-6-4-2/h5-8,10-13H,3-4,9H2,1-2H3/t10-,11-,12?/m1/s1. The summed E-state index contributed by atoms with van der Waals surface area (Å²) in [5.41, 5.74) is 0. The smallest absolute Gasteiger partial charge is 0.161 e. The first kappa shape index (κ1) is 11.5. The lowest BCUT2D eigenvalue weighted by molar-refractivity contribution is -0.0735. The van der Waals surface area contributed by atoms with Gasteiger partial charge in [0.05, 0.1) is 6.61 Å². The van der Waals surface area contributed by atoms with E-state index in [1.807, 2.05) is 0 Å². The van der Waals surface area contributed by atoms with Crippen LogP contribution in [-0.2, 0) is 4.74 Å². The molecule has 2 nitrogen and oxygen atoms in total. The van der Waals surface area contributed by atoms with E-state index < -0.39 is 6.29 Å². The maximum Gasteiger partial charge on any atom is 0.161 e. The van der Waals surface area contributed by atoms with Crippen LogP contribution in [0.25, 0.3) is 0 Å². The van der Waals surface area contributed by atoms with Crippen LogP contribution in [0.4, 0.5) is 0 Å². The Bertz CT molecular complexity index is 208. The number of ether oxygens (including phenoxy) is 1. The Morgan fingerprint density at radius 2 is 1.86 bits per heavy atom. The highest BCUT2D eigenvalue weighted by atomic mass is 16.6. The van der Waals surface area contributed by atoms with E-state index in [2.05, 4.69) is 38.2 Å². The minimum Gasteiger partial charge on any atom is -0.367 e. The summed E-state index contributed by atoms with van der Waals surface area (Å²) in [5.74, 6) is 0.477. The van der Waals surface area contributed by atoms with Crippen molar-refractivity contribution >= 4 is 0 Å². The van der Waals surface area contributed by atoms with E-state index in [-0.39, 0.29) is 5.92 Å². The molecule has 1 aliphatic rings. The van der Waals surface area contributed by atoms with Crippen LogP contribution in [0.5, 0.6) is 0 Å². The van der Waals surface area contributed by atoms with E-state index in [1.165, 1.54) is 0 Å². The summed E-state index contributed by atoms with van der Waals surface area (Å²) in [4.78, 5) is 0. The molecule has 0 radical (unpaired) electrons. The molecule has 0 saturated carbocycles. The summed E-state index contributed by atoms with van der Waals surface area (Å²) in [5, 5.41) is 9.58. The minimum atomic E-state index is -0.621. The summed E-state index contributed by atoms with van der Waals surface area (Å²) in [6.07, 6.45) is 9.88. The first-order chi connectivity index (χ1) is 6.79. The minimum absolute atomic E-state index is 0.137. The summed E-state index contributed by atoms with van der Waals surface area (Å²) in [7, 11) is 0. The van der Waals surface area contributed by atoms with Gasteiger partial charge in [0, 0.05) is 11.8 Å². The second-order valence-electron chi connectivity index (χ2n) is 3.64. The molecule has 0 spiro atoms. The Balaban J connectivity index is 2.57. The fourth-order valence-corrected chi connectivity index (χ4v) is 1.67. The summed E-state index contributed by atoms with van der Waals surface area (Å²) < 4.78 is 5.23. The number of hydrogen-bond donors (Lipinski definition) is 1. The van der Waals surface area contributed by atoms with Crippen LogP contribution >= 0.6 is 0 Å². The molecule has 3 atom stereocenters. The third-order valence-corrected chi connectivity index (χ3v) is 2.50. The summed E-state index contributed by atoms with van der Waals surface area (Å²) >= 11 is 0. The van der Waals surface area contributed by atoms with E-state index in [4.69, 9.17) is 4.74 Å². The average molecular weight is 196 g/mol. The van der Waals surface area contributed by atoms with Gasteiger partial charge in [0.1, 0.15) is 0 Å². The quantitative estimate of drug-likeness (QED) is 0.700. The molecular weight excluding hydrogens is 176 g/mol. The Morgan fingerprint density at radius 3 is 2.50 bits per heavy atom. The van der Waals surface area contributed by atoms with E-state index in [0.717, 1.165) is 12.8 Å². The second kappa shape index (κ2) is 5.99. The van der Waals surface area contributed by atoms with Gasteiger partial charge >= 0.3 is 0 Å². The SMILES string of the molecule is CCC=C[C@@H]1COC(O)[C@@H]1C=CCC. The van der Waals surface area contributed by atoms with Gasteiger partial charge in [-0.05, 0) is 12.8 Å². The molecule has 1 N–H and O–H groups in total. The topological polar surface area (TPSA) is 29.5 Å². The molecule has 1 unspecified atom stereocenters. The first-order valence-corrected chi connectivity index (χ1v) is 5.42. The van der Waals surface area contributed by atoms with Crippen LogP contribution in [0, 0.1) is 11.8 Å². The number of aliphatic hydroxyl groups excluding tert-OH is 1. The van der Waals surface area contributed by atoms with Crippen molar-refractivity contribution in [2.75, 3.05) is 6.61 Å². The first-order valence-electron chi connectivity index (χ1n) is 5.42.